The Bertz CT molecular complexity index is 506. The Balaban J connectivity index is 2.34. The molecule has 0 amide bonds. The molecule has 112 valence electrons. The third kappa shape index (κ3) is 2.42. The highest BCUT2D eigenvalue weighted by Crippen LogP contribution is 2.55. The van der Waals surface area contributed by atoms with Crippen LogP contribution in [0.15, 0.2) is 12.1 Å². The molecular weight excluding hydrogens is 275 g/mol. The summed E-state index contributed by atoms with van der Waals surface area (Å²) in [5.74, 6) is -2.22. The monoisotopic (exact) mass is 292 g/mol. The van der Waals surface area contributed by atoms with E-state index in [1.165, 1.54) is 13.0 Å². The minimum atomic E-state index is -4.26. The molecule has 0 aromatic heterocycles. The molecule has 1 saturated carbocycles. The van der Waals surface area contributed by atoms with Crippen LogP contribution in [0.2, 0.25) is 0 Å². The lowest BCUT2D eigenvalue weighted by Crippen LogP contribution is -2.32. The van der Waals surface area contributed by atoms with Gasteiger partial charge >= 0.3 is 6.18 Å². The molecule has 0 nitrogen and oxygen atoms in total. The van der Waals surface area contributed by atoms with Crippen molar-refractivity contribution in [3.63, 3.8) is 0 Å². The third-order valence-corrected chi connectivity index (χ3v) is 4.45. The average molecular weight is 292 g/mol. The molecule has 0 aliphatic heterocycles. The molecule has 1 aliphatic carbocycles. The third-order valence-electron chi connectivity index (χ3n) is 4.45. The van der Waals surface area contributed by atoms with Crippen LogP contribution in [0.25, 0.3) is 0 Å². The van der Waals surface area contributed by atoms with Gasteiger partial charge in [-0.25, -0.2) is 8.78 Å². The molecule has 0 heterocycles. The van der Waals surface area contributed by atoms with Crippen molar-refractivity contribution in [1.29, 1.82) is 0 Å². The van der Waals surface area contributed by atoms with E-state index in [9.17, 15) is 22.0 Å². The van der Waals surface area contributed by atoms with E-state index in [-0.39, 0.29) is 30.7 Å². The van der Waals surface area contributed by atoms with Gasteiger partial charge in [-0.15, -0.1) is 0 Å². The zero-order chi connectivity index (χ0) is 15.1. The Morgan fingerprint density at radius 3 is 2.40 bits per heavy atom. The second-order valence-electron chi connectivity index (χ2n) is 5.78. The molecule has 1 aromatic rings. The summed E-state index contributed by atoms with van der Waals surface area (Å²) in [6.45, 7) is 2.89. The van der Waals surface area contributed by atoms with Gasteiger partial charge in [-0.05, 0) is 48.8 Å². The van der Waals surface area contributed by atoms with Crippen LogP contribution in [-0.4, -0.2) is 6.18 Å². The number of hydrogen-bond acceptors (Lipinski definition) is 0. The fourth-order valence-electron chi connectivity index (χ4n) is 3.11. The van der Waals surface area contributed by atoms with Crippen LogP contribution < -0.4 is 0 Å². The van der Waals surface area contributed by atoms with E-state index in [2.05, 4.69) is 0 Å². The smallest absolute Gasteiger partial charge is 0.204 e. The molecule has 2 rings (SSSR count). The van der Waals surface area contributed by atoms with Crippen molar-refractivity contribution in [1.82, 2.24) is 0 Å². The Kier molecular flexibility index (Phi) is 3.82. The Morgan fingerprint density at radius 1 is 1.25 bits per heavy atom. The fourth-order valence-corrected chi connectivity index (χ4v) is 3.11. The first kappa shape index (κ1) is 15.3. The minimum Gasteiger partial charge on any atom is -0.204 e. The molecule has 5 heteroatoms. The Morgan fingerprint density at radius 2 is 1.90 bits per heavy atom. The van der Waals surface area contributed by atoms with Gasteiger partial charge in [-0.2, -0.15) is 13.2 Å². The van der Waals surface area contributed by atoms with Gasteiger partial charge in [0.1, 0.15) is 0 Å². The van der Waals surface area contributed by atoms with Crippen LogP contribution >= 0.6 is 0 Å². The van der Waals surface area contributed by atoms with Gasteiger partial charge in [0.05, 0.1) is 5.41 Å². The lowest BCUT2D eigenvalue weighted by molar-refractivity contribution is -0.215. The fraction of sp³-hybridized carbons (Fsp3) is 0.600. The molecule has 1 unspecified atom stereocenters. The van der Waals surface area contributed by atoms with E-state index in [4.69, 9.17) is 0 Å². The zero-order valence-electron chi connectivity index (χ0n) is 11.5. The lowest BCUT2D eigenvalue weighted by Gasteiger charge is -2.27. The normalized spacial score (nSPS) is 27.1. The number of hydrogen-bond donors (Lipinski definition) is 0. The molecule has 0 N–H and O–H groups in total. The molecule has 0 spiro atoms. The maximum Gasteiger partial charge on any atom is 0.394 e. The maximum absolute atomic E-state index is 13.7. The maximum atomic E-state index is 13.7. The van der Waals surface area contributed by atoms with Crippen molar-refractivity contribution >= 4 is 0 Å². The van der Waals surface area contributed by atoms with Crippen molar-refractivity contribution in [2.75, 3.05) is 0 Å². The van der Waals surface area contributed by atoms with Gasteiger partial charge in [-0.1, -0.05) is 19.9 Å². The van der Waals surface area contributed by atoms with E-state index >= 15 is 0 Å². The predicted molar refractivity (Wildman–Crippen MR) is 66.5 cm³/mol. The summed E-state index contributed by atoms with van der Waals surface area (Å²) in [6, 6.07) is 2.44. The van der Waals surface area contributed by atoms with Gasteiger partial charge in [0.2, 0.25) is 0 Å². The summed E-state index contributed by atoms with van der Waals surface area (Å²) < 4.78 is 66.0. The minimum absolute atomic E-state index is 0.0311. The second-order valence-corrected chi connectivity index (χ2v) is 5.78. The lowest BCUT2D eigenvalue weighted by atomic mass is 9.84. The highest BCUT2D eigenvalue weighted by molar-refractivity contribution is 5.33. The second kappa shape index (κ2) is 5.01. The van der Waals surface area contributed by atoms with Gasteiger partial charge in [-0.3, -0.25) is 0 Å². The van der Waals surface area contributed by atoms with Crippen LogP contribution in [0.1, 0.15) is 50.2 Å². The molecule has 0 bridgehead atoms. The molecule has 0 saturated heterocycles. The molecule has 1 fully saturated rings. The first-order valence-electron chi connectivity index (χ1n) is 6.73. The standard InChI is InChI=1S/C15H17F5/c1-3-10-11(4-5-12(16)13(10)17)9-6-7-14(2,8-9)15(18,19)20/h4-5,9H,3,6-8H2,1-2H3/t9?,14-/m0/s1. The van der Waals surface area contributed by atoms with E-state index < -0.39 is 23.2 Å². The number of halogens is 5. The van der Waals surface area contributed by atoms with Gasteiger partial charge < -0.3 is 0 Å². The topological polar surface area (TPSA) is 0 Å². The van der Waals surface area contributed by atoms with Crippen LogP contribution in [-0.2, 0) is 6.42 Å². The molecule has 1 aromatic carbocycles. The highest BCUT2D eigenvalue weighted by Gasteiger charge is 2.54. The van der Waals surface area contributed by atoms with E-state index in [0.717, 1.165) is 6.07 Å². The summed E-state index contributed by atoms with van der Waals surface area (Å²) in [7, 11) is 0. The van der Waals surface area contributed by atoms with Crippen molar-refractivity contribution < 1.29 is 22.0 Å². The predicted octanol–water partition coefficient (Wildman–Crippen LogP) is 5.36. The first-order valence-corrected chi connectivity index (χ1v) is 6.73. The van der Waals surface area contributed by atoms with Crippen molar-refractivity contribution in [3.05, 3.63) is 34.9 Å². The molecule has 1 aliphatic rings. The number of alkyl halides is 3. The van der Waals surface area contributed by atoms with E-state index in [0.29, 0.717) is 12.0 Å². The zero-order valence-corrected chi connectivity index (χ0v) is 11.5. The van der Waals surface area contributed by atoms with E-state index in [1.54, 1.807) is 6.92 Å². The number of benzene rings is 1. The van der Waals surface area contributed by atoms with Crippen LogP contribution in [0, 0.1) is 17.0 Å². The first-order chi connectivity index (χ1) is 9.19. The molecule has 0 radical (unpaired) electrons. The summed E-state index contributed by atoms with van der Waals surface area (Å²) in [5, 5.41) is 0. The summed E-state index contributed by atoms with van der Waals surface area (Å²) in [6.07, 6.45) is -3.66. The Labute approximate surface area is 115 Å². The molecular formula is C15H17F5. The van der Waals surface area contributed by atoms with Crippen molar-refractivity contribution in [3.8, 4) is 0 Å². The number of rotatable bonds is 2. The van der Waals surface area contributed by atoms with Crippen LogP contribution in [0.3, 0.4) is 0 Å². The highest BCUT2D eigenvalue weighted by atomic mass is 19.4. The van der Waals surface area contributed by atoms with Gasteiger partial charge in [0.25, 0.3) is 0 Å². The summed E-state index contributed by atoms with van der Waals surface area (Å²) in [4.78, 5) is 0. The quantitative estimate of drug-likeness (QED) is 0.643. The average Bonchev–Trinajstić information content (AvgIpc) is 2.76. The van der Waals surface area contributed by atoms with E-state index in [1.807, 2.05) is 0 Å². The van der Waals surface area contributed by atoms with Gasteiger partial charge in [0.15, 0.2) is 11.6 Å². The summed E-state index contributed by atoms with van der Waals surface area (Å²) >= 11 is 0. The van der Waals surface area contributed by atoms with Crippen LogP contribution in [0.5, 0.6) is 0 Å². The Hall–Kier alpha value is -1.13. The van der Waals surface area contributed by atoms with Gasteiger partial charge in [0, 0.05) is 0 Å². The van der Waals surface area contributed by atoms with Crippen molar-refractivity contribution in [2.24, 2.45) is 5.41 Å². The largest absolute Gasteiger partial charge is 0.394 e. The molecule has 20 heavy (non-hydrogen) atoms. The van der Waals surface area contributed by atoms with Crippen LogP contribution in [0.4, 0.5) is 22.0 Å². The molecule has 2 atom stereocenters. The summed E-state index contributed by atoms with van der Waals surface area (Å²) in [5.41, 5.74) is -0.992. The SMILES string of the molecule is CCc1c(C2CC[C@](C)(C(F)(F)F)C2)ccc(F)c1F. The van der Waals surface area contributed by atoms with Crippen molar-refractivity contribution in [2.45, 2.75) is 51.6 Å².